The lowest BCUT2D eigenvalue weighted by Crippen LogP contribution is -2.10. The summed E-state index contributed by atoms with van der Waals surface area (Å²) in [6.45, 7) is 0.217. The standard InChI is InChI=1S/C11H12BrFO2/c1-15-6-7-4-8(12)5-9(10(7)13)11(14)2-3-11/h4-5,14H,2-3,6H2,1H3. The van der Waals surface area contributed by atoms with Crippen molar-refractivity contribution < 1.29 is 14.2 Å². The van der Waals surface area contributed by atoms with Crippen molar-refractivity contribution in [2.24, 2.45) is 0 Å². The fourth-order valence-corrected chi connectivity index (χ4v) is 2.14. The van der Waals surface area contributed by atoms with Gasteiger partial charge in [0, 0.05) is 22.7 Å². The summed E-state index contributed by atoms with van der Waals surface area (Å²) in [5.74, 6) is -0.347. The molecule has 1 aliphatic rings. The van der Waals surface area contributed by atoms with E-state index in [0.717, 1.165) is 4.47 Å². The second-order valence-electron chi connectivity index (χ2n) is 3.89. The van der Waals surface area contributed by atoms with Crippen molar-refractivity contribution in [3.05, 3.63) is 33.5 Å². The zero-order valence-electron chi connectivity index (χ0n) is 8.39. The van der Waals surface area contributed by atoms with Crippen molar-refractivity contribution in [2.75, 3.05) is 7.11 Å². The highest BCUT2D eigenvalue weighted by molar-refractivity contribution is 9.10. The molecule has 0 unspecified atom stereocenters. The van der Waals surface area contributed by atoms with Crippen LogP contribution >= 0.6 is 15.9 Å². The Labute approximate surface area is 96.2 Å². The SMILES string of the molecule is COCc1cc(Br)cc(C2(O)CC2)c1F. The van der Waals surface area contributed by atoms with Gasteiger partial charge in [-0.1, -0.05) is 15.9 Å². The van der Waals surface area contributed by atoms with Crippen LogP contribution in [0.15, 0.2) is 16.6 Å². The molecule has 0 atom stereocenters. The van der Waals surface area contributed by atoms with E-state index in [-0.39, 0.29) is 12.4 Å². The van der Waals surface area contributed by atoms with Crippen LogP contribution in [0.4, 0.5) is 4.39 Å². The molecule has 82 valence electrons. The van der Waals surface area contributed by atoms with E-state index in [0.29, 0.717) is 24.0 Å². The molecule has 0 saturated heterocycles. The third kappa shape index (κ3) is 2.07. The van der Waals surface area contributed by atoms with Crippen LogP contribution in [-0.4, -0.2) is 12.2 Å². The van der Waals surface area contributed by atoms with Gasteiger partial charge in [-0.05, 0) is 25.0 Å². The number of halogens is 2. The topological polar surface area (TPSA) is 29.5 Å². The molecule has 2 nitrogen and oxygen atoms in total. The largest absolute Gasteiger partial charge is 0.385 e. The van der Waals surface area contributed by atoms with Crippen LogP contribution < -0.4 is 0 Å². The first-order valence-electron chi connectivity index (χ1n) is 4.76. The molecule has 0 spiro atoms. The number of rotatable bonds is 3. The smallest absolute Gasteiger partial charge is 0.134 e. The van der Waals surface area contributed by atoms with E-state index in [2.05, 4.69) is 15.9 Å². The van der Waals surface area contributed by atoms with E-state index in [1.165, 1.54) is 7.11 Å². The fourth-order valence-electron chi connectivity index (χ4n) is 1.63. The van der Waals surface area contributed by atoms with Gasteiger partial charge >= 0.3 is 0 Å². The van der Waals surface area contributed by atoms with Crippen LogP contribution in [0.1, 0.15) is 24.0 Å². The predicted octanol–water partition coefficient (Wildman–Crippen LogP) is 2.72. The van der Waals surface area contributed by atoms with Crippen molar-refractivity contribution in [2.45, 2.75) is 25.0 Å². The van der Waals surface area contributed by atoms with Crippen molar-refractivity contribution in [1.29, 1.82) is 0 Å². The van der Waals surface area contributed by atoms with Gasteiger partial charge in [-0.3, -0.25) is 0 Å². The molecule has 0 aromatic heterocycles. The maximum atomic E-state index is 13.9. The molecule has 15 heavy (non-hydrogen) atoms. The molecule has 1 aliphatic carbocycles. The van der Waals surface area contributed by atoms with Crippen molar-refractivity contribution in [3.8, 4) is 0 Å². The lowest BCUT2D eigenvalue weighted by molar-refractivity contribution is 0.144. The second-order valence-corrected chi connectivity index (χ2v) is 4.81. The molecule has 0 aliphatic heterocycles. The third-order valence-corrected chi connectivity index (χ3v) is 3.10. The molecule has 0 heterocycles. The molecule has 0 bridgehead atoms. The molecule has 1 saturated carbocycles. The van der Waals surface area contributed by atoms with Gasteiger partial charge in [0.25, 0.3) is 0 Å². The first kappa shape index (κ1) is 11.0. The number of aliphatic hydroxyl groups is 1. The number of hydrogen-bond acceptors (Lipinski definition) is 2. The lowest BCUT2D eigenvalue weighted by Gasteiger charge is -2.13. The lowest BCUT2D eigenvalue weighted by atomic mass is 10.0. The van der Waals surface area contributed by atoms with E-state index in [9.17, 15) is 9.50 Å². The maximum Gasteiger partial charge on any atom is 0.134 e. The highest BCUT2D eigenvalue weighted by atomic mass is 79.9. The molecule has 0 radical (unpaired) electrons. The van der Waals surface area contributed by atoms with Crippen LogP contribution in [0.5, 0.6) is 0 Å². The molecule has 4 heteroatoms. The molecule has 1 N–H and O–H groups in total. The Morgan fingerprint density at radius 1 is 1.53 bits per heavy atom. The minimum atomic E-state index is -0.948. The monoisotopic (exact) mass is 274 g/mol. The minimum absolute atomic E-state index is 0.217. The van der Waals surface area contributed by atoms with Gasteiger partial charge in [0.05, 0.1) is 12.2 Å². The average Bonchev–Trinajstić information content (AvgIpc) is 2.91. The van der Waals surface area contributed by atoms with Gasteiger partial charge < -0.3 is 9.84 Å². The zero-order chi connectivity index (χ0) is 11.1. The Hall–Kier alpha value is -0.450. The fraction of sp³-hybridized carbons (Fsp3) is 0.455. The summed E-state index contributed by atoms with van der Waals surface area (Å²) in [5, 5.41) is 9.90. The summed E-state index contributed by atoms with van der Waals surface area (Å²) in [7, 11) is 1.52. The van der Waals surface area contributed by atoms with Gasteiger partial charge in [-0.2, -0.15) is 0 Å². The van der Waals surface area contributed by atoms with E-state index >= 15 is 0 Å². The molecular formula is C11H12BrFO2. The van der Waals surface area contributed by atoms with E-state index < -0.39 is 5.60 Å². The summed E-state index contributed by atoms with van der Waals surface area (Å²) in [5.41, 5.74) is -0.0952. The normalized spacial score (nSPS) is 17.9. The van der Waals surface area contributed by atoms with Crippen LogP contribution in [0.2, 0.25) is 0 Å². The summed E-state index contributed by atoms with van der Waals surface area (Å²) >= 11 is 3.30. The molecule has 1 fully saturated rings. The van der Waals surface area contributed by atoms with Crippen molar-refractivity contribution >= 4 is 15.9 Å². The zero-order valence-corrected chi connectivity index (χ0v) is 9.97. The molecule has 1 aromatic rings. The Kier molecular flexibility index (Phi) is 2.83. The third-order valence-electron chi connectivity index (χ3n) is 2.64. The summed E-state index contributed by atoms with van der Waals surface area (Å²) in [6.07, 6.45) is 1.26. The van der Waals surface area contributed by atoms with Gasteiger partial charge in [-0.15, -0.1) is 0 Å². The second kappa shape index (κ2) is 3.85. The van der Waals surface area contributed by atoms with Gasteiger partial charge in [0.15, 0.2) is 0 Å². The first-order valence-corrected chi connectivity index (χ1v) is 5.56. The summed E-state index contributed by atoms with van der Waals surface area (Å²) in [6, 6.07) is 3.32. The minimum Gasteiger partial charge on any atom is -0.385 e. The van der Waals surface area contributed by atoms with E-state index in [1.807, 2.05) is 0 Å². The van der Waals surface area contributed by atoms with Gasteiger partial charge in [0.2, 0.25) is 0 Å². The number of hydrogen-bond donors (Lipinski definition) is 1. The van der Waals surface area contributed by atoms with E-state index in [1.54, 1.807) is 12.1 Å². The Morgan fingerprint density at radius 2 is 2.20 bits per heavy atom. The first-order chi connectivity index (χ1) is 7.07. The van der Waals surface area contributed by atoms with Crippen molar-refractivity contribution in [1.82, 2.24) is 0 Å². The number of benzene rings is 1. The Bertz CT molecular complexity index is 388. The predicted molar refractivity (Wildman–Crippen MR) is 57.9 cm³/mol. The van der Waals surface area contributed by atoms with Crippen LogP contribution in [0.25, 0.3) is 0 Å². The van der Waals surface area contributed by atoms with Gasteiger partial charge in [0.1, 0.15) is 5.82 Å². The van der Waals surface area contributed by atoms with E-state index in [4.69, 9.17) is 4.74 Å². The number of methoxy groups -OCH3 is 1. The Balaban J connectivity index is 2.45. The van der Waals surface area contributed by atoms with Crippen LogP contribution in [0.3, 0.4) is 0 Å². The maximum absolute atomic E-state index is 13.9. The number of ether oxygens (including phenoxy) is 1. The Morgan fingerprint density at radius 3 is 2.73 bits per heavy atom. The molecule has 2 rings (SSSR count). The summed E-state index contributed by atoms with van der Waals surface area (Å²) in [4.78, 5) is 0. The highest BCUT2D eigenvalue weighted by Gasteiger charge is 2.44. The highest BCUT2D eigenvalue weighted by Crippen LogP contribution is 2.47. The summed E-state index contributed by atoms with van der Waals surface area (Å²) < 4.78 is 19.6. The van der Waals surface area contributed by atoms with Crippen LogP contribution in [0, 0.1) is 5.82 Å². The molecule has 0 amide bonds. The van der Waals surface area contributed by atoms with Gasteiger partial charge in [-0.25, -0.2) is 4.39 Å². The molecule has 1 aromatic carbocycles. The van der Waals surface area contributed by atoms with Crippen LogP contribution in [-0.2, 0) is 16.9 Å². The quantitative estimate of drug-likeness (QED) is 0.919. The molecular weight excluding hydrogens is 263 g/mol. The van der Waals surface area contributed by atoms with Crippen molar-refractivity contribution in [3.63, 3.8) is 0 Å². The average molecular weight is 275 g/mol.